The number of hydrogen-bond donors (Lipinski definition) is 2. The van der Waals surface area contributed by atoms with Crippen molar-refractivity contribution >= 4 is 19.7 Å². The number of esters is 1. The van der Waals surface area contributed by atoms with Gasteiger partial charge >= 0.3 is 13.8 Å². The van der Waals surface area contributed by atoms with Gasteiger partial charge in [-0.05, 0) is 63.9 Å². The fraction of sp³-hybridized carbons (Fsp3) is 0.825. The first-order chi connectivity index (χ1) is 32.4. The van der Waals surface area contributed by atoms with Crippen molar-refractivity contribution in [2.75, 3.05) is 40.9 Å². The maximum atomic E-state index is 13.5. The van der Waals surface area contributed by atoms with Crippen LogP contribution in [0.15, 0.2) is 48.6 Å². The van der Waals surface area contributed by atoms with Gasteiger partial charge in [0.1, 0.15) is 19.3 Å². The van der Waals surface area contributed by atoms with E-state index in [2.05, 4.69) is 62.5 Å². The van der Waals surface area contributed by atoms with Crippen LogP contribution in [-0.2, 0) is 27.9 Å². The molecule has 9 nitrogen and oxygen atoms in total. The summed E-state index contributed by atoms with van der Waals surface area (Å²) in [5.41, 5.74) is 0. The lowest BCUT2D eigenvalue weighted by Crippen LogP contribution is -2.47. The Kier molecular flexibility index (Phi) is 46.2. The monoisotopic (exact) mass is 964 g/mol. The van der Waals surface area contributed by atoms with Crippen LogP contribution < -0.4 is 5.32 Å². The van der Waals surface area contributed by atoms with E-state index in [4.69, 9.17) is 13.8 Å². The van der Waals surface area contributed by atoms with E-state index in [1.165, 1.54) is 128 Å². The molecule has 0 rings (SSSR count). The van der Waals surface area contributed by atoms with Crippen LogP contribution in [0.25, 0.3) is 0 Å². The number of likely N-dealkylation sites (N-methyl/N-ethyl adjacent to an activating group) is 1. The lowest BCUT2D eigenvalue weighted by molar-refractivity contribution is -0.870. The Morgan fingerprint density at radius 3 is 1.43 bits per heavy atom. The Hall–Kier alpha value is -2.03. The van der Waals surface area contributed by atoms with Crippen LogP contribution in [0.1, 0.15) is 252 Å². The molecule has 0 fully saturated rings. The predicted molar refractivity (Wildman–Crippen MR) is 286 cm³/mol. The van der Waals surface area contributed by atoms with Gasteiger partial charge < -0.3 is 19.4 Å². The number of unbranched alkanes of at least 4 members (excludes halogenated alkanes) is 28. The third kappa shape index (κ3) is 48.8. The topological polar surface area (TPSA) is 111 Å². The number of phosphoric ester groups is 1. The number of phosphoric acid groups is 1. The largest absolute Gasteiger partial charge is 0.472 e. The fourth-order valence-electron chi connectivity index (χ4n) is 7.95. The molecule has 0 aliphatic carbocycles. The molecule has 0 aromatic heterocycles. The molecule has 0 saturated carbocycles. The fourth-order valence-corrected chi connectivity index (χ4v) is 8.69. The van der Waals surface area contributed by atoms with Crippen molar-refractivity contribution in [2.24, 2.45) is 0 Å². The van der Waals surface area contributed by atoms with Crippen molar-refractivity contribution in [1.82, 2.24) is 5.32 Å². The number of allylic oxidation sites excluding steroid dienone is 7. The number of rotatable bonds is 50. The third-order valence-corrected chi connectivity index (χ3v) is 13.3. The normalized spacial score (nSPS) is 14.2. The molecule has 67 heavy (non-hydrogen) atoms. The van der Waals surface area contributed by atoms with Crippen molar-refractivity contribution in [2.45, 2.75) is 264 Å². The molecule has 3 atom stereocenters. The van der Waals surface area contributed by atoms with Crippen molar-refractivity contribution in [3.05, 3.63) is 48.6 Å². The van der Waals surface area contributed by atoms with Gasteiger partial charge in [0.05, 0.1) is 33.8 Å². The number of hydrogen-bond acceptors (Lipinski definition) is 6. The van der Waals surface area contributed by atoms with Gasteiger partial charge in [-0.15, -0.1) is 0 Å². The van der Waals surface area contributed by atoms with Crippen LogP contribution in [0.3, 0.4) is 0 Å². The van der Waals surface area contributed by atoms with E-state index in [-0.39, 0.29) is 31.5 Å². The molecule has 392 valence electrons. The molecule has 0 spiro atoms. The number of carbonyl (C=O) groups is 2. The second-order valence-electron chi connectivity index (χ2n) is 20.1. The highest BCUT2D eigenvalue weighted by Crippen LogP contribution is 2.43. The highest BCUT2D eigenvalue weighted by molar-refractivity contribution is 7.47. The van der Waals surface area contributed by atoms with E-state index in [0.29, 0.717) is 23.9 Å². The second-order valence-corrected chi connectivity index (χ2v) is 21.5. The molecular formula is C57H108N2O7P+. The van der Waals surface area contributed by atoms with Gasteiger partial charge in [-0.3, -0.25) is 18.6 Å². The number of nitrogens with zero attached hydrogens (tertiary/aromatic N) is 1. The summed E-state index contributed by atoms with van der Waals surface area (Å²) >= 11 is 0. The molecule has 1 amide bonds. The van der Waals surface area contributed by atoms with Crippen LogP contribution in [0.2, 0.25) is 0 Å². The average molecular weight is 964 g/mol. The van der Waals surface area contributed by atoms with Crippen molar-refractivity contribution < 1.29 is 37.3 Å². The van der Waals surface area contributed by atoms with Crippen molar-refractivity contribution in [3.8, 4) is 0 Å². The Morgan fingerprint density at radius 2 is 0.955 bits per heavy atom. The predicted octanol–water partition coefficient (Wildman–Crippen LogP) is 16.6. The molecule has 0 bridgehead atoms. The molecule has 0 saturated heterocycles. The van der Waals surface area contributed by atoms with E-state index in [1.54, 1.807) is 0 Å². The van der Waals surface area contributed by atoms with Gasteiger partial charge in [0.25, 0.3) is 0 Å². The highest BCUT2D eigenvalue weighted by atomic mass is 31.2. The molecule has 0 aromatic carbocycles. The summed E-state index contributed by atoms with van der Waals surface area (Å²) in [6.07, 6.45) is 56.7. The number of nitrogens with one attached hydrogen (secondary N) is 1. The molecule has 0 aromatic rings. The standard InChI is InChI=1S/C57H107N2O7P/c1-7-10-13-16-19-22-25-28-31-34-37-40-43-46-49-56(60)58-54(53-65-67(62,63)64-52-51-59(4,5)6)55(48-45-42-39-36-33-30-27-24-21-18-15-12-9-3)66-57(61)50-47-44-41-38-35-32-29-26-23-20-17-14-11-8-2/h11,14,20,23,29,32,45,48,54-55H,7-10,12-13,15-19,21-22,24-28,30-31,33-44,46-47,49-53H2,1-6H3,(H-,58,60,62,63)/p+1/b14-11+,23-20+,32-29+,48-45+. The molecular weight excluding hydrogens is 856 g/mol. The van der Waals surface area contributed by atoms with Gasteiger partial charge in [-0.2, -0.15) is 0 Å². The molecule has 2 N–H and O–H groups in total. The molecule has 10 heteroatoms. The van der Waals surface area contributed by atoms with Crippen molar-refractivity contribution in [1.29, 1.82) is 0 Å². The smallest absolute Gasteiger partial charge is 0.456 e. The second kappa shape index (κ2) is 47.6. The molecule has 0 radical (unpaired) electrons. The van der Waals surface area contributed by atoms with Crippen molar-refractivity contribution in [3.63, 3.8) is 0 Å². The Bertz CT molecular complexity index is 1290. The van der Waals surface area contributed by atoms with E-state index in [1.807, 2.05) is 33.3 Å². The number of amides is 1. The van der Waals surface area contributed by atoms with E-state index in [0.717, 1.165) is 83.5 Å². The zero-order chi connectivity index (χ0) is 49.4. The average Bonchev–Trinajstić information content (AvgIpc) is 3.28. The Balaban J connectivity index is 5.42. The van der Waals surface area contributed by atoms with Gasteiger partial charge in [-0.1, -0.05) is 224 Å². The Morgan fingerprint density at radius 1 is 0.537 bits per heavy atom. The summed E-state index contributed by atoms with van der Waals surface area (Å²) in [6.45, 7) is 6.89. The van der Waals surface area contributed by atoms with E-state index >= 15 is 0 Å². The first kappa shape index (κ1) is 65.0. The summed E-state index contributed by atoms with van der Waals surface area (Å²) < 4.78 is 30.6. The first-order valence-electron chi connectivity index (χ1n) is 28.0. The Labute approximate surface area is 414 Å². The van der Waals surface area contributed by atoms with Gasteiger partial charge in [-0.25, -0.2) is 4.57 Å². The van der Waals surface area contributed by atoms with Gasteiger partial charge in [0, 0.05) is 12.8 Å². The quantitative estimate of drug-likeness (QED) is 0.0205. The van der Waals surface area contributed by atoms with Crippen LogP contribution in [0.5, 0.6) is 0 Å². The first-order valence-corrected chi connectivity index (χ1v) is 29.5. The maximum Gasteiger partial charge on any atom is 0.472 e. The van der Waals surface area contributed by atoms with E-state index in [9.17, 15) is 19.0 Å². The van der Waals surface area contributed by atoms with Crippen LogP contribution in [0.4, 0.5) is 0 Å². The summed E-state index contributed by atoms with van der Waals surface area (Å²) in [7, 11) is 1.49. The summed E-state index contributed by atoms with van der Waals surface area (Å²) in [6, 6.07) is -0.853. The zero-order valence-corrected chi connectivity index (χ0v) is 45.5. The summed E-state index contributed by atoms with van der Waals surface area (Å²) in [5, 5.41) is 3.04. The zero-order valence-electron chi connectivity index (χ0n) is 44.6. The molecule has 0 aliphatic heterocycles. The summed E-state index contributed by atoms with van der Waals surface area (Å²) in [4.78, 5) is 37.5. The van der Waals surface area contributed by atoms with Gasteiger partial charge in [0.15, 0.2) is 0 Å². The minimum atomic E-state index is -4.44. The number of carbonyl (C=O) groups excluding carboxylic acids is 2. The van der Waals surface area contributed by atoms with E-state index < -0.39 is 20.0 Å². The minimum absolute atomic E-state index is 0.0372. The SMILES string of the molecule is CC/C=C/C/C=C/C/C=C/CCCCCCC(=O)OC(/C=C/CCCCCCCCCCCCC)C(COP(=O)(O)OCC[N+](C)(C)C)NC(=O)CCCCCCCCCCCCCCCC. The number of ether oxygens (including phenoxy) is 1. The third-order valence-electron chi connectivity index (χ3n) is 12.3. The lowest BCUT2D eigenvalue weighted by atomic mass is 10.0. The molecule has 0 heterocycles. The van der Waals surface area contributed by atoms with Gasteiger partial charge in [0.2, 0.25) is 5.91 Å². The lowest BCUT2D eigenvalue weighted by Gasteiger charge is -2.27. The highest BCUT2D eigenvalue weighted by Gasteiger charge is 2.30. The van der Waals surface area contributed by atoms with Crippen LogP contribution in [-0.4, -0.2) is 74.3 Å². The van der Waals surface area contributed by atoms with Crippen LogP contribution >= 0.6 is 7.82 Å². The number of quaternary nitrogens is 1. The molecule has 0 aliphatic rings. The van der Waals surface area contributed by atoms with Crippen LogP contribution in [0, 0.1) is 0 Å². The summed E-state index contributed by atoms with van der Waals surface area (Å²) in [5.74, 6) is -0.525. The molecule has 3 unspecified atom stereocenters. The minimum Gasteiger partial charge on any atom is -0.456 e. The maximum absolute atomic E-state index is 13.5.